The lowest BCUT2D eigenvalue weighted by atomic mass is 9.99. The number of hydrogen-bond donors (Lipinski definition) is 0. The van der Waals surface area contributed by atoms with Crippen molar-refractivity contribution in [1.82, 2.24) is 14.7 Å². The second-order valence-corrected chi connectivity index (χ2v) is 10.5. The molecule has 0 unspecified atom stereocenters. The Morgan fingerprint density at radius 3 is 2.45 bits per heavy atom. The van der Waals surface area contributed by atoms with Crippen LogP contribution in [0.3, 0.4) is 0 Å². The number of urea groups is 1. The molecule has 38 heavy (non-hydrogen) atoms. The molecule has 200 valence electrons. The number of rotatable bonds is 5. The molecule has 10 heteroatoms. The van der Waals surface area contributed by atoms with E-state index in [4.69, 9.17) is 0 Å². The highest BCUT2D eigenvalue weighted by Gasteiger charge is 2.41. The van der Waals surface area contributed by atoms with Gasteiger partial charge in [-0.05, 0) is 54.9 Å². The van der Waals surface area contributed by atoms with E-state index >= 15 is 0 Å². The largest absolute Gasteiger partial charge is 0.418 e. The van der Waals surface area contributed by atoms with Crippen molar-refractivity contribution in [2.75, 3.05) is 22.9 Å². The van der Waals surface area contributed by atoms with E-state index in [9.17, 15) is 22.4 Å². The lowest BCUT2D eigenvalue weighted by molar-refractivity contribution is -0.137. The van der Waals surface area contributed by atoms with Crippen molar-refractivity contribution in [2.24, 2.45) is 7.05 Å². The number of halogens is 4. The molecule has 1 saturated carbocycles. The molecule has 6 rings (SSSR count). The Morgan fingerprint density at radius 1 is 1.00 bits per heavy atom. The van der Waals surface area contributed by atoms with Gasteiger partial charge in [-0.1, -0.05) is 30.3 Å². The first-order valence-electron chi connectivity index (χ1n) is 13.0. The molecule has 1 aliphatic carbocycles. The van der Waals surface area contributed by atoms with Gasteiger partial charge in [0, 0.05) is 37.9 Å². The van der Waals surface area contributed by atoms with Gasteiger partial charge in [-0.3, -0.25) is 9.58 Å². The third kappa shape index (κ3) is 4.50. The van der Waals surface area contributed by atoms with Crippen molar-refractivity contribution in [3.05, 3.63) is 76.7 Å². The maximum Gasteiger partial charge on any atom is 0.418 e. The topological polar surface area (TPSA) is 44.6 Å². The predicted octanol–water partition coefficient (Wildman–Crippen LogP) is 6.07. The smallest absolute Gasteiger partial charge is 0.369 e. The summed E-state index contributed by atoms with van der Waals surface area (Å²) in [6, 6.07) is 11.0. The van der Waals surface area contributed by atoms with Crippen LogP contribution < -0.4 is 9.80 Å². The molecule has 2 aromatic carbocycles. The van der Waals surface area contributed by atoms with Crippen LogP contribution in [-0.2, 0) is 26.3 Å². The average molecular weight is 528 g/mol. The summed E-state index contributed by atoms with van der Waals surface area (Å²) in [6.45, 7) is 1.25. The lowest BCUT2D eigenvalue weighted by Gasteiger charge is -2.43. The van der Waals surface area contributed by atoms with Crippen LogP contribution in [0.1, 0.15) is 53.9 Å². The molecule has 0 radical (unpaired) electrons. The Balaban J connectivity index is 1.24. The summed E-state index contributed by atoms with van der Waals surface area (Å²) in [6.07, 6.45) is 0.466. The number of alkyl halides is 3. The van der Waals surface area contributed by atoms with Gasteiger partial charge in [-0.15, -0.1) is 0 Å². The Labute approximate surface area is 218 Å². The zero-order valence-electron chi connectivity index (χ0n) is 21.1. The third-order valence-corrected chi connectivity index (χ3v) is 7.87. The molecule has 0 spiro atoms. The normalized spacial score (nSPS) is 18.8. The zero-order valence-corrected chi connectivity index (χ0v) is 21.1. The number of amides is 2. The molecule has 0 N–H and O–H groups in total. The molecular formula is C28H29F4N5O. The second kappa shape index (κ2) is 9.32. The molecule has 0 bridgehead atoms. The molecule has 6 nitrogen and oxygen atoms in total. The fourth-order valence-corrected chi connectivity index (χ4v) is 5.90. The van der Waals surface area contributed by atoms with Crippen molar-refractivity contribution < 1.29 is 22.4 Å². The van der Waals surface area contributed by atoms with Crippen molar-refractivity contribution in [3.63, 3.8) is 0 Å². The number of aryl methyl sites for hydroxylation is 1. The van der Waals surface area contributed by atoms with Crippen LogP contribution in [0.4, 0.5) is 33.9 Å². The summed E-state index contributed by atoms with van der Waals surface area (Å²) in [4.78, 5) is 18.9. The summed E-state index contributed by atoms with van der Waals surface area (Å²) in [5.41, 5.74) is 1.94. The van der Waals surface area contributed by atoms with Gasteiger partial charge < -0.3 is 9.80 Å². The van der Waals surface area contributed by atoms with Gasteiger partial charge in [0.1, 0.15) is 5.82 Å². The SMILES string of the molecule is Cn1cc2c(n1)N(Cc1ccccc1C1CC1)C(=O)N(C1CCN(c3c(F)cccc3C(F)(F)F)CC1)C2. The zero-order chi connectivity index (χ0) is 26.6. The first-order chi connectivity index (χ1) is 18.2. The Bertz CT molecular complexity index is 1360. The summed E-state index contributed by atoms with van der Waals surface area (Å²) in [5, 5.41) is 4.58. The van der Waals surface area contributed by atoms with Gasteiger partial charge in [-0.2, -0.15) is 18.3 Å². The molecule has 1 saturated heterocycles. The number of aromatic nitrogens is 2. The quantitative estimate of drug-likeness (QED) is 0.379. The summed E-state index contributed by atoms with van der Waals surface area (Å²) < 4.78 is 57.1. The van der Waals surface area contributed by atoms with Crippen LogP contribution >= 0.6 is 0 Å². The number of benzene rings is 2. The van der Waals surface area contributed by atoms with Crippen LogP contribution in [0.2, 0.25) is 0 Å². The van der Waals surface area contributed by atoms with Crippen molar-refractivity contribution >= 4 is 17.5 Å². The Hall–Kier alpha value is -3.56. The van der Waals surface area contributed by atoms with Gasteiger partial charge in [0.05, 0.1) is 24.3 Å². The molecule has 3 aromatic rings. The number of anilines is 2. The summed E-state index contributed by atoms with van der Waals surface area (Å²) in [7, 11) is 1.83. The lowest BCUT2D eigenvalue weighted by Crippen LogP contribution is -2.54. The van der Waals surface area contributed by atoms with Crippen LogP contribution in [0, 0.1) is 5.82 Å². The maximum atomic E-state index is 14.6. The monoisotopic (exact) mass is 527 g/mol. The second-order valence-electron chi connectivity index (χ2n) is 10.5. The number of fused-ring (bicyclic) bond motifs is 1. The van der Waals surface area contributed by atoms with Gasteiger partial charge in [-0.25, -0.2) is 9.18 Å². The van der Waals surface area contributed by atoms with Crippen molar-refractivity contribution in [2.45, 2.75) is 56.9 Å². The highest BCUT2D eigenvalue weighted by Crippen LogP contribution is 2.43. The van der Waals surface area contributed by atoms with E-state index in [1.54, 1.807) is 9.58 Å². The molecule has 0 atom stereocenters. The first-order valence-corrected chi connectivity index (χ1v) is 13.0. The van der Waals surface area contributed by atoms with E-state index in [1.165, 1.54) is 10.5 Å². The fourth-order valence-electron chi connectivity index (χ4n) is 5.90. The van der Waals surface area contributed by atoms with Gasteiger partial charge in [0.15, 0.2) is 5.82 Å². The molecule has 2 aliphatic heterocycles. The number of hydrogen-bond acceptors (Lipinski definition) is 3. The van der Waals surface area contributed by atoms with Crippen LogP contribution in [-0.4, -0.2) is 39.8 Å². The van der Waals surface area contributed by atoms with Crippen LogP contribution in [0.5, 0.6) is 0 Å². The van der Waals surface area contributed by atoms with E-state index in [2.05, 4.69) is 17.2 Å². The van der Waals surface area contributed by atoms with Crippen LogP contribution in [0.15, 0.2) is 48.7 Å². The standard InChI is InChI=1S/C28H29F4N5O/c1-34-15-20-17-36(21-11-13-35(14-12-21)25-23(28(30,31)32)7-4-8-24(25)29)27(38)37(26(20)33-34)16-19-5-2-3-6-22(19)18-9-10-18/h2-8,15,18,21H,9-14,16-17H2,1H3. The van der Waals surface area contributed by atoms with E-state index in [-0.39, 0.29) is 25.2 Å². The number of nitrogens with zero attached hydrogens (tertiary/aromatic N) is 5. The minimum Gasteiger partial charge on any atom is -0.369 e. The van der Waals surface area contributed by atoms with Crippen LogP contribution in [0.25, 0.3) is 0 Å². The fraction of sp³-hybridized carbons (Fsp3) is 0.429. The predicted molar refractivity (Wildman–Crippen MR) is 135 cm³/mol. The van der Waals surface area contributed by atoms with Gasteiger partial charge in [0.2, 0.25) is 0 Å². The first kappa shape index (κ1) is 24.8. The number of para-hydroxylation sites is 1. The van der Waals surface area contributed by atoms with Crippen molar-refractivity contribution in [1.29, 1.82) is 0 Å². The highest BCUT2D eigenvalue weighted by molar-refractivity contribution is 5.94. The van der Waals surface area contributed by atoms with Crippen molar-refractivity contribution in [3.8, 4) is 0 Å². The molecule has 1 aromatic heterocycles. The number of piperidine rings is 1. The summed E-state index contributed by atoms with van der Waals surface area (Å²) >= 11 is 0. The molecular weight excluding hydrogens is 498 g/mol. The number of carbonyl (C=O) groups excluding carboxylic acids is 1. The summed E-state index contributed by atoms with van der Waals surface area (Å²) in [5.74, 6) is 0.306. The van der Waals surface area contributed by atoms with E-state index in [0.717, 1.165) is 42.2 Å². The minimum atomic E-state index is -4.65. The van der Waals surface area contributed by atoms with E-state index in [0.29, 0.717) is 37.7 Å². The maximum absolute atomic E-state index is 14.6. The van der Waals surface area contributed by atoms with Gasteiger partial charge in [0.25, 0.3) is 0 Å². The van der Waals surface area contributed by atoms with E-state index < -0.39 is 23.2 Å². The highest BCUT2D eigenvalue weighted by atomic mass is 19.4. The Kier molecular flexibility index (Phi) is 6.07. The molecule has 2 fully saturated rings. The average Bonchev–Trinajstić information content (AvgIpc) is 3.66. The molecule has 2 amide bonds. The third-order valence-electron chi connectivity index (χ3n) is 7.87. The van der Waals surface area contributed by atoms with E-state index in [1.807, 2.05) is 30.3 Å². The Morgan fingerprint density at radius 2 is 1.74 bits per heavy atom. The van der Waals surface area contributed by atoms with Gasteiger partial charge >= 0.3 is 12.2 Å². The molecule has 3 heterocycles. The molecule has 3 aliphatic rings. The minimum absolute atomic E-state index is 0.151. The number of carbonyl (C=O) groups is 1.